The molecule has 0 fully saturated rings. The number of para-hydroxylation sites is 2. The molecule has 2 aromatic rings. The van der Waals surface area contributed by atoms with Crippen LogP contribution in [0.25, 0.3) is 0 Å². The molecule has 0 aliphatic carbocycles. The lowest BCUT2D eigenvalue weighted by molar-refractivity contribution is 0.445. The molecule has 0 aliphatic heterocycles. The van der Waals surface area contributed by atoms with Crippen LogP contribution in [0.2, 0.25) is 0 Å². The Hall–Kier alpha value is -1.58. The van der Waals surface area contributed by atoms with Gasteiger partial charge in [-0.15, -0.1) is 0 Å². The Labute approximate surface area is 121 Å². The Morgan fingerprint density at radius 3 is 1.35 bits per heavy atom. The zero-order valence-electron chi connectivity index (χ0n) is 10.1. The first-order valence-corrected chi connectivity index (χ1v) is 7.56. The van der Waals surface area contributed by atoms with Gasteiger partial charge in [-0.1, -0.05) is 40.2 Å². The van der Waals surface area contributed by atoms with Gasteiger partial charge in [0.25, 0.3) is 0 Å². The van der Waals surface area contributed by atoms with Crippen LogP contribution in [0.5, 0.6) is 0 Å². The molecule has 0 heterocycles. The van der Waals surface area contributed by atoms with Crippen molar-refractivity contribution in [2.24, 2.45) is 0 Å². The van der Waals surface area contributed by atoms with E-state index in [1.165, 1.54) is 0 Å². The van der Waals surface area contributed by atoms with E-state index >= 15 is 0 Å². The van der Waals surface area contributed by atoms with Gasteiger partial charge in [0.1, 0.15) is 0 Å². The molecule has 0 amide bonds. The molecule has 6 nitrogen and oxygen atoms in total. The van der Waals surface area contributed by atoms with Crippen molar-refractivity contribution < 1.29 is 17.5 Å². The maximum Gasteiger partial charge on any atom is 0.0599 e. The third-order valence-corrected chi connectivity index (χ3v) is 3.99. The molecule has 0 N–H and O–H groups in total. The summed E-state index contributed by atoms with van der Waals surface area (Å²) >= 11 is -5.94. The summed E-state index contributed by atoms with van der Waals surface area (Å²) in [6.07, 6.45) is 0. The molecule has 2 rings (SSSR count). The summed E-state index contributed by atoms with van der Waals surface area (Å²) in [5.41, 5.74) is 0.819. The molecular weight excluding hydrogens is 300 g/mol. The topological polar surface area (TPSA) is 86.7 Å². The van der Waals surface area contributed by atoms with Crippen LogP contribution < -0.4 is 5.01 Å². The number of hydrazine groups is 1. The Morgan fingerprint density at radius 2 is 1.05 bits per heavy atom. The van der Waals surface area contributed by atoms with Gasteiger partial charge in [-0.25, -0.2) is 0 Å². The number of hydrogen-bond acceptors (Lipinski definition) is 5. The van der Waals surface area contributed by atoms with E-state index in [0.717, 1.165) is 5.01 Å². The normalized spacial score (nSPS) is 13.9. The van der Waals surface area contributed by atoms with Gasteiger partial charge >= 0.3 is 0 Å². The minimum absolute atomic E-state index is 0.241. The highest BCUT2D eigenvalue weighted by atomic mass is 32.3. The summed E-state index contributed by atoms with van der Waals surface area (Å²) in [4.78, 5) is 0. The van der Waals surface area contributed by atoms with Crippen LogP contribution in [0.4, 0.5) is 11.4 Å². The minimum Gasteiger partial charge on any atom is -0.758 e. The van der Waals surface area contributed by atoms with E-state index in [1.807, 2.05) is 0 Å². The molecule has 0 saturated heterocycles. The van der Waals surface area contributed by atoms with Crippen molar-refractivity contribution in [3.63, 3.8) is 0 Å². The van der Waals surface area contributed by atoms with Crippen LogP contribution in [0, 0.1) is 0 Å². The Bertz CT molecular complexity index is 556. The quantitative estimate of drug-likeness (QED) is 0.619. The maximum atomic E-state index is 11.2. The molecule has 20 heavy (non-hydrogen) atoms. The lowest BCUT2D eigenvalue weighted by Gasteiger charge is -2.37. The van der Waals surface area contributed by atoms with E-state index in [1.54, 1.807) is 60.7 Å². The Morgan fingerprint density at radius 1 is 0.700 bits per heavy atom. The van der Waals surface area contributed by atoms with Gasteiger partial charge in [-0.05, 0) is 24.3 Å². The van der Waals surface area contributed by atoms with Crippen LogP contribution in [-0.2, 0) is 22.5 Å². The van der Waals surface area contributed by atoms with Crippen molar-refractivity contribution in [1.82, 2.24) is 3.82 Å². The summed E-state index contributed by atoms with van der Waals surface area (Å²) < 4.78 is 45.1. The third-order valence-electron chi connectivity index (χ3n) is 2.42. The second-order valence-electron chi connectivity index (χ2n) is 3.65. The molecule has 2 unspecified atom stereocenters. The number of benzene rings is 2. The molecule has 2 aromatic carbocycles. The maximum absolute atomic E-state index is 11.2. The van der Waals surface area contributed by atoms with Crippen molar-refractivity contribution >= 4 is 33.9 Å². The summed E-state index contributed by atoms with van der Waals surface area (Å²) in [7, 11) is 0. The summed E-state index contributed by atoms with van der Waals surface area (Å²) in [6, 6.07) is 16.7. The van der Waals surface area contributed by atoms with Crippen molar-refractivity contribution in [1.29, 1.82) is 0 Å². The number of rotatable bonds is 5. The predicted molar refractivity (Wildman–Crippen MR) is 74.7 cm³/mol. The van der Waals surface area contributed by atoms with E-state index < -0.39 is 22.5 Å². The fourth-order valence-corrected chi connectivity index (χ4v) is 2.70. The molecule has 0 aromatic heterocycles. The molecule has 0 spiro atoms. The molecule has 2 atom stereocenters. The van der Waals surface area contributed by atoms with Crippen LogP contribution >= 0.6 is 0 Å². The monoisotopic (exact) mass is 310 g/mol. The van der Waals surface area contributed by atoms with E-state index in [-0.39, 0.29) is 3.82 Å². The molecule has 0 bridgehead atoms. The van der Waals surface area contributed by atoms with E-state index in [9.17, 15) is 17.5 Å². The molecule has 8 heteroatoms. The first-order valence-electron chi connectivity index (χ1n) is 5.50. The number of nitrogens with zero attached hydrogens (tertiary/aromatic N) is 2. The minimum atomic E-state index is -2.97. The zero-order valence-corrected chi connectivity index (χ0v) is 11.8. The predicted octanol–water partition coefficient (Wildman–Crippen LogP) is 1.63. The third kappa shape index (κ3) is 3.30. The molecule has 0 aliphatic rings. The summed E-state index contributed by atoms with van der Waals surface area (Å²) in [5.74, 6) is 0. The Balaban J connectivity index is 2.55. The standard InChI is InChI=1S/C12H12N2O4S2/c15-19(16)14(20(17)18)13(11-7-3-1-4-8-11)12-9-5-2-6-10-12/h1-10H,(H,15,16)(H,17,18)/p-2. The molecular formula is C12H10N2O4S2-2. The van der Waals surface area contributed by atoms with Crippen molar-refractivity contribution in [2.45, 2.75) is 0 Å². The van der Waals surface area contributed by atoms with Gasteiger partial charge in [0, 0.05) is 0 Å². The highest BCUT2D eigenvalue weighted by Gasteiger charge is 2.20. The zero-order chi connectivity index (χ0) is 14.5. The molecule has 0 saturated carbocycles. The number of hydrogen-bond donors (Lipinski definition) is 0. The van der Waals surface area contributed by atoms with Gasteiger partial charge in [-0.2, -0.15) is 0 Å². The fraction of sp³-hybridized carbons (Fsp3) is 0. The highest BCUT2D eigenvalue weighted by molar-refractivity contribution is 7.92. The second kappa shape index (κ2) is 6.73. The lowest BCUT2D eigenvalue weighted by Crippen LogP contribution is -2.41. The van der Waals surface area contributed by atoms with Gasteiger partial charge < -0.3 is 9.11 Å². The van der Waals surface area contributed by atoms with Gasteiger partial charge in [0.15, 0.2) is 0 Å². The lowest BCUT2D eigenvalue weighted by atomic mass is 10.2. The second-order valence-corrected chi connectivity index (χ2v) is 5.45. The van der Waals surface area contributed by atoms with Crippen molar-refractivity contribution in [3.8, 4) is 0 Å². The average molecular weight is 310 g/mol. The van der Waals surface area contributed by atoms with Crippen LogP contribution in [0.1, 0.15) is 0 Å². The SMILES string of the molecule is O=S([O-])N(N(c1ccccc1)c1ccccc1)S(=O)[O-]. The van der Waals surface area contributed by atoms with E-state index in [0.29, 0.717) is 11.4 Å². The average Bonchev–Trinajstić information content (AvgIpc) is 2.45. The van der Waals surface area contributed by atoms with Crippen LogP contribution in [0.3, 0.4) is 0 Å². The first-order chi connectivity index (χ1) is 9.61. The van der Waals surface area contributed by atoms with Crippen LogP contribution in [-0.4, -0.2) is 21.3 Å². The largest absolute Gasteiger partial charge is 0.758 e. The summed E-state index contributed by atoms with van der Waals surface area (Å²) in [5, 5.41) is 1.09. The number of anilines is 2. The summed E-state index contributed by atoms with van der Waals surface area (Å²) in [6.45, 7) is 0. The van der Waals surface area contributed by atoms with Crippen molar-refractivity contribution in [2.75, 3.05) is 5.01 Å². The van der Waals surface area contributed by atoms with Gasteiger partial charge in [0.2, 0.25) is 0 Å². The van der Waals surface area contributed by atoms with Crippen LogP contribution in [0.15, 0.2) is 60.7 Å². The van der Waals surface area contributed by atoms with E-state index in [2.05, 4.69) is 0 Å². The van der Waals surface area contributed by atoms with Crippen molar-refractivity contribution in [3.05, 3.63) is 60.7 Å². The first kappa shape index (κ1) is 14.8. The molecule has 106 valence electrons. The van der Waals surface area contributed by atoms with Gasteiger partial charge in [0.05, 0.1) is 33.9 Å². The fourth-order valence-electron chi connectivity index (χ4n) is 1.66. The highest BCUT2D eigenvalue weighted by Crippen LogP contribution is 2.28. The van der Waals surface area contributed by atoms with Gasteiger partial charge in [-0.3, -0.25) is 13.4 Å². The Kier molecular flexibility index (Phi) is 4.99. The molecule has 0 radical (unpaired) electrons. The smallest absolute Gasteiger partial charge is 0.0599 e. The van der Waals surface area contributed by atoms with E-state index in [4.69, 9.17) is 0 Å².